The molecule has 2 aliphatic rings. The zero-order valence-corrected chi connectivity index (χ0v) is 14.6. The van der Waals surface area contributed by atoms with Crippen molar-refractivity contribution in [3.05, 3.63) is 70.7 Å². The van der Waals surface area contributed by atoms with Crippen LogP contribution in [0.1, 0.15) is 42.7 Å². The van der Waals surface area contributed by atoms with Gasteiger partial charge in [0.2, 0.25) is 0 Å². The summed E-state index contributed by atoms with van der Waals surface area (Å²) in [6, 6.07) is 14.8. The zero-order chi connectivity index (χ0) is 17.7. The van der Waals surface area contributed by atoms with Crippen LogP contribution in [0.25, 0.3) is 22.7 Å². The molecule has 2 saturated carbocycles. The number of fused-ring (bicyclic) bond motifs is 1. The molecule has 0 bridgehead atoms. The Labute approximate surface area is 152 Å². The molecule has 0 aliphatic heterocycles. The van der Waals surface area contributed by atoms with E-state index in [4.69, 9.17) is 0 Å². The molecule has 130 valence electrons. The number of nitrogens with zero attached hydrogens (tertiary/aromatic N) is 2. The van der Waals surface area contributed by atoms with Gasteiger partial charge in [0.1, 0.15) is 5.82 Å². The second kappa shape index (κ2) is 5.84. The number of rotatable bonds is 5. The predicted octanol–water partition coefficient (Wildman–Crippen LogP) is 4.48. The number of hydrogen-bond acceptors (Lipinski definition) is 3. The van der Waals surface area contributed by atoms with Crippen LogP contribution in [-0.4, -0.2) is 15.6 Å². The van der Waals surface area contributed by atoms with Crippen LogP contribution in [0.2, 0.25) is 0 Å². The first-order valence-corrected chi connectivity index (χ1v) is 9.29. The fourth-order valence-corrected chi connectivity index (χ4v) is 3.54. The van der Waals surface area contributed by atoms with Gasteiger partial charge in [0.05, 0.1) is 11.2 Å². The topological polar surface area (TPSA) is 46.9 Å². The molecule has 4 nitrogen and oxygen atoms in total. The van der Waals surface area contributed by atoms with Gasteiger partial charge in [-0.1, -0.05) is 36.9 Å². The molecule has 0 radical (unpaired) electrons. The first kappa shape index (κ1) is 15.4. The van der Waals surface area contributed by atoms with Crippen molar-refractivity contribution >= 4 is 22.8 Å². The van der Waals surface area contributed by atoms with Gasteiger partial charge in [0.25, 0.3) is 0 Å². The monoisotopic (exact) mass is 343 g/mol. The standard InChI is InChI=1S/C22H21N3O/c1-2-14-5-3-4-6-19(14)25-20-13-16(15-7-8-15)9-12-18(20)21(24-22(25)26)23-17-10-11-17/h2-6,9,12-13,15,17H,1,7-8,10-11H2,(H,23,24,26). The Morgan fingerprint density at radius 1 is 1.12 bits per heavy atom. The van der Waals surface area contributed by atoms with Gasteiger partial charge in [-0.05, 0) is 60.9 Å². The van der Waals surface area contributed by atoms with Gasteiger partial charge in [-0.25, -0.2) is 4.79 Å². The molecule has 1 aromatic heterocycles. The van der Waals surface area contributed by atoms with Crippen LogP contribution in [0.15, 0.2) is 53.8 Å². The highest BCUT2D eigenvalue weighted by Crippen LogP contribution is 2.41. The van der Waals surface area contributed by atoms with E-state index in [1.165, 1.54) is 18.4 Å². The Morgan fingerprint density at radius 3 is 2.65 bits per heavy atom. The lowest BCUT2D eigenvalue weighted by Crippen LogP contribution is -2.24. The second-order valence-corrected chi connectivity index (χ2v) is 7.31. The molecule has 26 heavy (non-hydrogen) atoms. The summed E-state index contributed by atoms with van der Waals surface area (Å²) in [7, 11) is 0. The van der Waals surface area contributed by atoms with Gasteiger partial charge >= 0.3 is 5.69 Å². The van der Waals surface area contributed by atoms with Gasteiger partial charge in [0.15, 0.2) is 0 Å². The SMILES string of the molecule is C=Cc1ccccc1-n1c(=O)nc(NC2CC2)c2ccc(C3CC3)cc21. The fraction of sp³-hybridized carbons (Fsp3) is 0.273. The Kier molecular flexibility index (Phi) is 3.45. The third-order valence-electron chi connectivity index (χ3n) is 5.28. The van der Waals surface area contributed by atoms with E-state index in [9.17, 15) is 4.79 Å². The van der Waals surface area contributed by atoms with E-state index < -0.39 is 0 Å². The minimum Gasteiger partial charge on any atom is -0.367 e. The highest BCUT2D eigenvalue weighted by atomic mass is 16.1. The molecule has 1 heterocycles. The summed E-state index contributed by atoms with van der Waals surface area (Å²) in [6.07, 6.45) is 6.54. The second-order valence-electron chi connectivity index (χ2n) is 7.31. The Bertz CT molecular complexity index is 1070. The average molecular weight is 343 g/mol. The predicted molar refractivity (Wildman–Crippen MR) is 106 cm³/mol. The van der Waals surface area contributed by atoms with Crippen molar-refractivity contribution in [1.29, 1.82) is 0 Å². The average Bonchev–Trinajstić information content (AvgIpc) is 3.55. The largest absolute Gasteiger partial charge is 0.367 e. The quantitative estimate of drug-likeness (QED) is 0.743. The van der Waals surface area contributed by atoms with E-state index in [1.807, 2.05) is 24.3 Å². The number of anilines is 1. The van der Waals surface area contributed by atoms with E-state index >= 15 is 0 Å². The summed E-state index contributed by atoms with van der Waals surface area (Å²) >= 11 is 0. The number of benzene rings is 2. The van der Waals surface area contributed by atoms with E-state index in [2.05, 4.69) is 35.1 Å². The number of aromatic nitrogens is 2. The Hall–Kier alpha value is -2.88. The van der Waals surface area contributed by atoms with Crippen molar-refractivity contribution in [2.45, 2.75) is 37.6 Å². The highest BCUT2D eigenvalue weighted by Gasteiger charge is 2.26. The molecule has 1 N–H and O–H groups in total. The molecule has 5 rings (SSSR count). The minimum absolute atomic E-state index is 0.247. The van der Waals surface area contributed by atoms with Gasteiger partial charge in [-0.2, -0.15) is 4.98 Å². The van der Waals surface area contributed by atoms with Gasteiger partial charge in [-0.15, -0.1) is 0 Å². The molecule has 3 aromatic rings. The molecular weight excluding hydrogens is 322 g/mol. The summed E-state index contributed by atoms with van der Waals surface area (Å²) < 4.78 is 1.73. The van der Waals surface area contributed by atoms with E-state index in [0.29, 0.717) is 17.8 Å². The Balaban J connectivity index is 1.80. The van der Waals surface area contributed by atoms with Crippen LogP contribution in [0.3, 0.4) is 0 Å². The molecule has 4 heteroatoms. The molecule has 2 aromatic carbocycles. The van der Waals surface area contributed by atoms with Crippen LogP contribution in [0.5, 0.6) is 0 Å². The third-order valence-corrected chi connectivity index (χ3v) is 5.28. The summed E-state index contributed by atoms with van der Waals surface area (Å²) in [6.45, 7) is 3.90. The summed E-state index contributed by atoms with van der Waals surface area (Å²) in [5, 5.41) is 4.43. The van der Waals surface area contributed by atoms with E-state index in [0.717, 1.165) is 35.0 Å². The first-order valence-electron chi connectivity index (χ1n) is 9.29. The zero-order valence-electron chi connectivity index (χ0n) is 14.6. The third kappa shape index (κ3) is 2.62. The summed E-state index contributed by atoms with van der Waals surface area (Å²) in [5.74, 6) is 1.34. The lowest BCUT2D eigenvalue weighted by Gasteiger charge is -2.16. The minimum atomic E-state index is -0.247. The maximum Gasteiger partial charge on any atom is 0.354 e. The van der Waals surface area contributed by atoms with Crippen molar-refractivity contribution in [3.63, 3.8) is 0 Å². The summed E-state index contributed by atoms with van der Waals surface area (Å²) in [5.41, 5.74) is 3.74. The number of para-hydroxylation sites is 1. The molecule has 2 aliphatic carbocycles. The van der Waals surface area contributed by atoms with Gasteiger partial charge in [0, 0.05) is 11.4 Å². The first-order chi connectivity index (χ1) is 12.7. The van der Waals surface area contributed by atoms with Crippen molar-refractivity contribution in [3.8, 4) is 5.69 Å². The van der Waals surface area contributed by atoms with Crippen LogP contribution >= 0.6 is 0 Å². The molecule has 0 amide bonds. The van der Waals surface area contributed by atoms with Gasteiger partial charge in [-0.3, -0.25) is 4.57 Å². The lowest BCUT2D eigenvalue weighted by molar-refractivity contribution is 0.947. The van der Waals surface area contributed by atoms with Gasteiger partial charge < -0.3 is 5.32 Å². The van der Waals surface area contributed by atoms with Crippen LogP contribution in [0, 0.1) is 0 Å². The van der Waals surface area contributed by atoms with E-state index in [-0.39, 0.29) is 5.69 Å². The number of nitrogens with one attached hydrogen (secondary N) is 1. The van der Waals surface area contributed by atoms with Crippen molar-refractivity contribution in [2.24, 2.45) is 0 Å². The fourth-order valence-electron chi connectivity index (χ4n) is 3.54. The van der Waals surface area contributed by atoms with Crippen LogP contribution in [-0.2, 0) is 0 Å². The summed E-state index contributed by atoms with van der Waals surface area (Å²) in [4.78, 5) is 17.4. The molecule has 2 fully saturated rings. The maximum absolute atomic E-state index is 13.0. The number of hydrogen-bond donors (Lipinski definition) is 1. The van der Waals surface area contributed by atoms with Crippen molar-refractivity contribution in [1.82, 2.24) is 9.55 Å². The lowest BCUT2D eigenvalue weighted by atomic mass is 10.1. The highest BCUT2D eigenvalue weighted by molar-refractivity contribution is 5.91. The van der Waals surface area contributed by atoms with Crippen LogP contribution in [0.4, 0.5) is 5.82 Å². The van der Waals surface area contributed by atoms with E-state index in [1.54, 1.807) is 10.6 Å². The molecule has 0 saturated heterocycles. The molecule has 0 spiro atoms. The molecule has 0 atom stereocenters. The smallest absolute Gasteiger partial charge is 0.354 e. The normalized spacial score (nSPS) is 16.6. The van der Waals surface area contributed by atoms with Crippen molar-refractivity contribution in [2.75, 3.05) is 5.32 Å². The van der Waals surface area contributed by atoms with Crippen LogP contribution < -0.4 is 11.0 Å². The Morgan fingerprint density at radius 2 is 1.92 bits per heavy atom. The maximum atomic E-state index is 13.0. The van der Waals surface area contributed by atoms with Crippen molar-refractivity contribution < 1.29 is 0 Å². The molecular formula is C22H21N3O. The molecule has 0 unspecified atom stereocenters.